The van der Waals surface area contributed by atoms with Crippen molar-refractivity contribution in [2.75, 3.05) is 6.54 Å². The first-order valence-electron chi connectivity index (χ1n) is 6.07. The van der Waals surface area contributed by atoms with Gasteiger partial charge in [0, 0.05) is 12.1 Å². The van der Waals surface area contributed by atoms with Crippen LogP contribution in [0.15, 0.2) is 24.3 Å². The van der Waals surface area contributed by atoms with E-state index in [0.29, 0.717) is 19.4 Å². The average Bonchev–Trinajstić information content (AvgIpc) is 2.86. The second-order valence-corrected chi connectivity index (χ2v) is 4.40. The van der Waals surface area contributed by atoms with Crippen LogP contribution in [0.25, 0.3) is 0 Å². The van der Waals surface area contributed by atoms with E-state index in [1.165, 1.54) is 29.2 Å². The van der Waals surface area contributed by atoms with Gasteiger partial charge in [-0.05, 0) is 31.0 Å². The Labute approximate surface area is 113 Å². The Morgan fingerprint density at radius 1 is 1.40 bits per heavy atom. The van der Waals surface area contributed by atoms with Crippen LogP contribution in [0.1, 0.15) is 23.2 Å². The second-order valence-electron chi connectivity index (χ2n) is 4.40. The van der Waals surface area contributed by atoms with Crippen molar-refractivity contribution in [2.24, 2.45) is 0 Å². The topological polar surface area (TPSA) is 66.8 Å². The van der Waals surface area contributed by atoms with Gasteiger partial charge in [-0.15, -0.1) is 0 Å². The molecule has 1 saturated heterocycles. The fourth-order valence-electron chi connectivity index (χ4n) is 2.24. The van der Waals surface area contributed by atoms with Crippen LogP contribution in [-0.2, 0) is 4.79 Å². The number of hydrogen-bond donors (Lipinski definition) is 1. The van der Waals surface area contributed by atoms with E-state index < -0.39 is 24.5 Å². The van der Waals surface area contributed by atoms with Crippen LogP contribution in [-0.4, -0.2) is 41.1 Å². The van der Waals surface area contributed by atoms with E-state index in [-0.39, 0.29) is 11.3 Å². The highest BCUT2D eigenvalue weighted by Crippen LogP contribution is 2.22. The number of carbonyl (C=O) groups excluding carboxylic acids is 1. The maximum Gasteiger partial charge on any atom is 0.387 e. The van der Waals surface area contributed by atoms with Crippen molar-refractivity contribution in [3.63, 3.8) is 0 Å². The van der Waals surface area contributed by atoms with E-state index in [0.717, 1.165) is 0 Å². The third-order valence-electron chi connectivity index (χ3n) is 3.10. The van der Waals surface area contributed by atoms with Gasteiger partial charge >= 0.3 is 12.6 Å². The maximum atomic E-state index is 12.2. The summed E-state index contributed by atoms with van der Waals surface area (Å²) in [5.41, 5.74) is 0.135. The quantitative estimate of drug-likeness (QED) is 0.918. The lowest BCUT2D eigenvalue weighted by molar-refractivity contribution is -0.141. The zero-order chi connectivity index (χ0) is 14.7. The number of carboxylic acid groups (broad SMARTS) is 1. The summed E-state index contributed by atoms with van der Waals surface area (Å²) < 4.78 is 28.5. The van der Waals surface area contributed by atoms with Crippen LogP contribution < -0.4 is 4.74 Å². The van der Waals surface area contributed by atoms with Gasteiger partial charge in [0.1, 0.15) is 11.8 Å². The van der Waals surface area contributed by atoms with Crippen LogP contribution in [0.2, 0.25) is 0 Å². The average molecular weight is 285 g/mol. The highest BCUT2D eigenvalue weighted by atomic mass is 19.3. The third-order valence-corrected chi connectivity index (χ3v) is 3.10. The smallest absolute Gasteiger partial charge is 0.387 e. The first kappa shape index (κ1) is 14.2. The molecular formula is C13H13F2NO4. The van der Waals surface area contributed by atoms with E-state index in [4.69, 9.17) is 5.11 Å². The molecular weight excluding hydrogens is 272 g/mol. The molecule has 1 aliphatic heterocycles. The van der Waals surface area contributed by atoms with Gasteiger partial charge in [0.15, 0.2) is 0 Å². The van der Waals surface area contributed by atoms with Gasteiger partial charge in [-0.2, -0.15) is 8.78 Å². The van der Waals surface area contributed by atoms with Crippen molar-refractivity contribution in [2.45, 2.75) is 25.5 Å². The fraction of sp³-hybridized carbons (Fsp3) is 0.385. The number of halogens is 2. The van der Waals surface area contributed by atoms with Crippen LogP contribution in [0.5, 0.6) is 5.75 Å². The molecule has 1 aliphatic rings. The molecule has 1 heterocycles. The van der Waals surface area contributed by atoms with Crippen molar-refractivity contribution in [3.05, 3.63) is 29.8 Å². The number of aliphatic carboxylic acids is 1. The minimum Gasteiger partial charge on any atom is -0.480 e. The molecule has 20 heavy (non-hydrogen) atoms. The number of rotatable bonds is 4. The first-order chi connectivity index (χ1) is 9.49. The monoisotopic (exact) mass is 285 g/mol. The maximum absolute atomic E-state index is 12.2. The van der Waals surface area contributed by atoms with Crippen LogP contribution >= 0.6 is 0 Å². The van der Waals surface area contributed by atoms with Crippen molar-refractivity contribution in [1.82, 2.24) is 4.90 Å². The molecule has 7 heteroatoms. The number of carbonyl (C=O) groups is 2. The number of hydrogen-bond acceptors (Lipinski definition) is 3. The van der Waals surface area contributed by atoms with Crippen LogP contribution in [0, 0.1) is 0 Å². The molecule has 1 fully saturated rings. The number of alkyl halides is 2. The van der Waals surface area contributed by atoms with Crippen molar-refractivity contribution in [1.29, 1.82) is 0 Å². The molecule has 2 rings (SSSR count). The number of ether oxygens (including phenoxy) is 1. The van der Waals surface area contributed by atoms with Gasteiger partial charge in [0.2, 0.25) is 0 Å². The molecule has 0 spiro atoms. The Morgan fingerprint density at radius 3 is 2.80 bits per heavy atom. The standard InChI is InChI=1S/C13H13F2NO4/c14-13(15)20-9-4-1-3-8(7-9)11(17)16-6-2-5-10(16)12(18)19/h1,3-4,7,10,13H,2,5-6H2,(H,18,19)/t10-/m1/s1. The summed E-state index contributed by atoms with van der Waals surface area (Å²) in [6.07, 6.45) is 1.00. The summed E-state index contributed by atoms with van der Waals surface area (Å²) in [7, 11) is 0. The molecule has 1 N–H and O–H groups in total. The van der Waals surface area contributed by atoms with Crippen molar-refractivity contribution in [3.8, 4) is 5.75 Å². The van der Waals surface area contributed by atoms with E-state index in [1.54, 1.807) is 0 Å². The predicted molar refractivity (Wildman–Crippen MR) is 64.8 cm³/mol. The molecule has 0 aromatic heterocycles. The van der Waals surface area contributed by atoms with Gasteiger partial charge in [-0.25, -0.2) is 4.79 Å². The Morgan fingerprint density at radius 2 is 2.15 bits per heavy atom. The van der Waals surface area contributed by atoms with Gasteiger partial charge in [-0.3, -0.25) is 4.79 Å². The minimum absolute atomic E-state index is 0.128. The largest absolute Gasteiger partial charge is 0.480 e. The van der Waals surface area contributed by atoms with Gasteiger partial charge in [-0.1, -0.05) is 6.07 Å². The van der Waals surface area contributed by atoms with Crippen LogP contribution in [0.3, 0.4) is 0 Å². The Hall–Kier alpha value is -2.18. The van der Waals surface area contributed by atoms with E-state index >= 15 is 0 Å². The van der Waals surface area contributed by atoms with Gasteiger partial charge in [0.05, 0.1) is 0 Å². The fourth-order valence-corrected chi connectivity index (χ4v) is 2.24. The third kappa shape index (κ3) is 3.04. The lowest BCUT2D eigenvalue weighted by atomic mass is 10.1. The van der Waals surface area contributed by atoms with E-state index in [2.05, 4.69) is 4.74 Å². The molecule has 1 amide bonds. The summed E-state index contributed by atoms with van der Waals surface area (Å²) in [4.78, 5) is 24.5. The number of nitrogens with zero attached hydrogens (tertiary/aromatic N) is 1. The molecule has 5 nitrogen and oxygen atoms in total. The van der Waals surface area contributed by atoms with Gasteiger partial charge < -0.3 is 14.7 Å². The molecule has 1 aromatic carbocycles. The highest BCUT2D eigenvalue weighted by Gasteiger charge is 2.34. The molecule has 0 saturated carbocycles. The number of benzene rings is 1. The molecule has 0 aliphatic carbocycles. The highest BCUT2D eigenvalue weighted by molar-refractivity contribution is 5.97. The van der Waals surface area contributed by atoms with Crippen LogP contribution in [0.4, 0.5) is 8.78 Å². The Bertz CT molecular complexity index is 521. The minimum atomic E-state index is -2.97. The Balaban J connectivity index is 2.18. The normalized spacial score (nSPS) is 18.4. The summed E-state index contributed by atoms with van der Waals surface area (Å²) in [6, 6.07) is 4.49. The summed E-state index contributed by atoms with van der Waals surface area (Å²) in [6.45, 7) is -2.63. The molecule has 1 atom stereocenters. The van der Waals surface area contributed by atoms with Crippen molar-refractivity contribution >= 4 is 11.9 Å². The number of likely N-dealkylation sites (tertiary alicyclic amines) is 1. The SMILES string of the molecule is O=C(O)[C@H]1CCCN1C(=O)c1cccc(OC(F)F)c1. The second kappa shape index (κ2) is 5.85. The predicted octanol–water partition coefficient (Wildman–Crippen LogP) is 1.98. The molecule has 108 valence electrons. The first-order valence-corrected chi connectivity index (χ1v) is 6.07. The summed E-state index contributed by atoms with van der Waals surface area (Å²) in [5, 5.41) is 9.04. The number of carboxylic acids is 1. The zero-order valence-corrected chi connectivity index (χ0v) is 10.5. The van der Waals surface area contributed by atoms with E-state index in [9.17, 15) is 18.4 Å². The molecule has 0 bridgehead atoms. The lowest BCUT2D eigenvalue weighted by Gasteiger charge is -2.21. The summed E-state index contributed by atoms with van der Waals surface area (Å²) >= 11 is 0. The molecule has 1 aromatic rings. The van der Waals surface area contributed by atoms with Gasteiger partial charge in [0.25, 0.3) is 5.91 Å². The van der Waals surface area contributed by atoms with Crippen molar-refractivity contribution < 1.29 is 28.2 Å². The summed E-state index contributed by atoms with van der Waals surface area (Å²) in [5.74, 6) is -1.68. The van der Waals surface area contributed by atoms with E-state index in [1.807, 2.05) is 0 Å². The Kier molecular flexibility index (Phi) is 4.16. The molecule has 0 radical (unpaired) electrons. The zero-order valence-electron chi connectivity index (χ0n) is 10.5. The lowest BCUT2D eigenvalue weighted by Crippen LogP contribution is -2.40. The molecule has 0 unspecified atom stereocenters. The number of amides is 1.